The van der Waals surface area contributed by atoms with Crippen molar-refractivity contribution in [3.05, 3.63) is 64.2 Å². The second kappa shape index (κ2) is 6.76. The molecule has 1 saturated heterocycles. The van der Waals surface area contributed by atoms with Crippen LogP contribution in [0.1, 0.15) is 29.6 Å². The highest BCUT2D eigenvalue weighted by atomic mass is 16.6. The Morgan fingerprint density at radius 1 is 1.00 bits per heavy atom. The molecule has 30 heavy (non-hydrogen) atoms. The lowest BCUT2D eigenvalue weighted by Gasteiger charge is -2.19. The number of imide groups is 1. The van der Waals surface area contributed by atoms with Gasteiger partial charge in [-0.15, -0.1) is 0 Å². The van der Waals surface area contributed by atoms with Crippen molar-refractivity contribution in [2.24, 2.45) is 23.7 Å². The zero-order valence-electron chi connectivity index (χ0n) is 15.9. The molecule has 0 aromatic heterocycles. The molecule has 2 aromatic carbocycles. The number of rotatable bonds is 4. The Hall–Kier alpha value is -3.55. The Morgan fingerprint density at radius 2 is 1.63 bits per heavy atom. The molecule has 2 aromatic rings. The molecule has 3 aliphatic rings. The molecule has 3 fully saturated rings. The normalized spacial score (nSPS) is 26.7. The van der Waals surface area contributed by atoms with Crippen molar-refractivity contribution in [2.45, 2.75) is 19.3 Å². The maximum absolute atomic E-state index is 13.0. The van der Waals surface area contributed by atoms with Gasteiger partial charge in [-0.1, -0.05) is 6.07 Å². The second-order valence-electron chi connectivity index (χ2n) is 8.09. The van der Waals surface area contributed by atoms with Crippen molar-refractivity contribution >= 4 is 29.2 Å². The Morgan fingerprint density at radius 3 is 2.23 bits per heavy atom. The predicted octanol–water partition coefficient (Wildman–Crippen LogP) is 3.35. The number of hydrogen-bond acceptors (Lipinski definition) is 6. The second-order valence-corrected chi connectivity index (χ2v) is 8.09. The lowest BCUT2D eigenvalue weighted by Crippen LogP contribution is -2.32. The van der Waals surface area contributed by atoms with E-state index in [2.05, 4.69) is 0 Å². The molecule has 0 radical (unpaired) electrons. The standard InChI is InChI=1S/C22H18N2O6/c25-20-18-13-4-5-14(10-13)19(18)21(26)23(20)16-2-1-3-17(11-16)30-22(27)12-6-8-15(9-7-12)24(28)29/h1-3,6-9,11,13-14,18-19H,4-5,10H2/t13-,14-,18+,19+/m0/s1. The minimum Gasteiger partial charge on any atom is -0.423 e. The largest absolute Gasteiger partial charge is 0.423 e. The zero-order chi connectivity index (χ0) is 21.0. The van der Waals surface area contributed by atoms with Crippen LogP contribution >= 0.6 is 0 Å². The van der Waals surface area contributed by atoms with E-state index < -0.39 is 10.9 Å². The molecule has 0 N–H and O–H groups in total. The van der Waals surface area contributed by atoms with Crippen molar-refractivity contribution in [1.29, 1.82) is 0 Å². The first kappa shape index (κ1) is 18.5. The molecule has 8 heteroatoms. The fraction of sp³-hybridized carbons (Fsp3) is 0.318. The first-order valence-corrected chi connectivity index (χ1v) is 9.88. The van der Waals surface area contributed by atoms with Gasteiger partial charge in [0.1, 0.15) is 5.75 Å². The number of ether oxygens (including phenoxy) is 1. The van der Waals surface area contributed by atoms with Gasteiger partial charge in [0.2, 0.25) is 11.8 Å². The third-order valence-electron chi connectivity index (χ3n) is 6.53. The van der Waals surface area contributed by atoms with Gasteiger partial charge in [-0.3, -0.25) is 19.7 Å². The Kier molecular flexibility index (Phi) is 4.16. The van der Waals surface area contributed by atoms with Gasteiger partial charge >= 0.3 is 5.97 Å². The van der Waals surface area contributed by atoms with Crippen LogP contribution < -0.4 is 9.64 Å². The van der Waals surface area contributed by atoms with E-state index in [4.69, 9.17) is 4.74 Å². The third-order valence-corrected chi connectivity index (χ3v) is 6.53. The van der Waals surface area contributed by atoms with E-state index in [9.17, 15) is 24.5 Å². The fourth-order valence-corrected chi connectivity index (χ4v) is 5.23. The summed E-state index contributed by atoms with van der Waals surface area (Å²) < 4.78 is 5.36. The summed E-state index contributed by atoms with van der Waals surface area (Å²) >= 11 is 0. The van der Waals surface area contributed by atoms with Gasteiger partial charge in [-0.05, 0) is 55.4 Å². The molecular weight excluding hydrogens is 388 g/mol. The number of anilines is 1. The fourth-order valence-electron chi connectivity index (χ4n) is 5.23. The quantitative estimate of drug-likeness (QED) is 0.253. The van der Waals surface area contributed by atoms with Crippen LogP contribution in [0.25, 0.3) is 0 Å². The van der Waals surface area contributed by atoms with Gasteiger partial charge in [0.25, 0.3) is 5.69 Å². The maximum atomic E-state index is 13.0. The van der Waals surface area contributed by atoms with Gasteiger partial charge in [0.15, 0.2) is 0 Å². The summed E-state index contributed by atoms with van der Waals surface area (Å²) in [4.78, 5) is 49.7. The number of non-ortho nitro benzene ring substituents is 1. The predicted molar refractivity (Wildman–Crippen MR) is 105 cm³/mol. The van der Waals surface area contributed by atoms with Crippen LogP contribution in [-0.4, -0.2) is 22.7 Å². The summed E-state index contributed by atoms with van der Waals surface area (Å²) in [6.07, 6.45) is 2.98. The van der Waals surface area contributed by atoms with Gasteiger partial charge in [-0.25, -0.2) is 9.69 Å². The summed E-state index contributed by atoms with van der Waals surface area (Å²) in [5.41, 5.74) is 0.428. The number of carbonyl (C=O) groups is 3. The molecule has 5 rings (SSSR count). The SMILES string of the molecule is O=C(Oc1cccc(N2C(=O)[C@@H]3[C@H]4CC[C@@H](C4)[C@H]3C2=O)c1)c1ccc([N+](=O)[O-])cc1. The average molecular weight is 406 g/mol. The molecular formula is C22H18N2O6. The van der Waals surface area contributed by atoms with E-state index in [1.54, 1.807) is 18.2 Å². The van der Waals surface area contributed by atoms with Crippen LogP contribution in [0.4, 0.5) is 11.4 Å². The monoisotopic (exact) mass is 406 g/mol. The molecule has 0 spiro atoms. The van der Waals surface area contributed by atoms with E-state index in [1.165, 1.54) is 35.2 Å². The van der Waals surface area contributed by atoms with Crippen molar-refractivity contribution < 1.29 is 24.0 Å². The number of fused-ring (bicyclic) bond motifs is 5. The lowest BCUT2D eigenvalue weighted by atomic mass is 9.81. The van der Waals surface area contributed by atoms with Crippen LogP contribution in [0.3, 0.4) is 0 Å². The topological polar surface area (TPSA) is 107 Å². The first-order valence-electron chi connectivity index (χ1n) is 9.88. The summed E-state index contributed by atoms with van der Waals surface area (Å²) in [5, 5.41) is 10.7. The number of nitrogens with zero attached hydrogens (tertiary/aromatic N) is 2. The molecule has 4 atom stereocenters. The van der Waals surface area contributed by atoms with Gasteiger partial charge in [0, 0.05) is 18.2 Å². The van der Waals surface area contributed by atoms with E-state index in [-0.39, 0.29) is 40.7 Å². The van der Waals surface area contributed by atoms with Gasteiger partial charge < -0.3 is 4.74 Å². The number of hydrogen-bond donors (Lipinski definition) is 0. The third kappa shape index (κ3) is 2.79. The summed E-state index contributed by atoms with van der Waals surface area (Å²) in [7, 11) is 0. The molecule has 1 heterocycles. The van der Waals surface area contributed by atoms with Crippen LogP contribution in [0.2, 0.25) is 0 Å². The minimum atomic E-state index is -0.684. The smallest absolute Gasteiger partial charge is 0.343 e. The molecule has 2 aliphatic carbocycles. The highest BCUT2D eigenvalue weighted by Crippen LogP contribution is 2.56. The summed E-state index contributed by atoms with van der Waals surface area (Å²) in [6, 6.07) is 11.4. The van der Waals surface area contributed by atoms with Crippen molar-refractivity contribution in [3.8, 4) is 5.75 Å². The van der Waals surface area contributed by atoms with Crippen molar-refractivity contribution in [2.75, 3.05) is 4.90 Å². The van der Waals surface area contributed by atoms with Crippen molar-refractivity contribution in [1.82, 2.24) is 0 Å². The Labute approximate surface area is 171 Å². The van der Waals surface area contributed by atoms with E-state index in [0.717, 1.165) is 19.3 Å². The number of esters is 1. The minimum absolute atomic E-state index is 0.126. The zero-order valence-corrected chi connectivity index (χ0v) is 15.9. The van der Waals surface area contributed by atoms with Gasteiger partial charge in [0.05, 0.1) is 28.0 Å². The molecule has 1 aliphatic heterocycles. The van der Waals surface area contributed by atoms with Crippen LogP contribution in [0.15, 0.2) is 48.5 Å². The van der Waals surface area contributed by atoms with E-state index in [1.807, 2.05) is 0 Å². The molecule has 0 unspecified atom stereocenters. The van der Waals surface area contributed by atoms with Crippen LogP contribution in [0, 0.1) is 33.8 Å². The number of amides is 2. The van der Waals surface area contributed by atoms with Crippen molar-refractivity contribution in [3.63, 3.8) is 0 Å². The summed E-state index contributed by atoms with van der Waals surface area (Å²) in [6.45, 7) is 0. The van der Waals surface area contributed by atoms with E-state index in [0.29, 0.717) is 17.5 Å². The Bertz CT molecular complexity index is 1050. The molecule has 2 saturated carbocycles. The van der Waals surface area contributed by atoms with Gasteiger partial charge in [-0.2, -0.15) is 0 Å². The average Bonchev–Trinajstić information content (AvgIpc) is 3.42. The first-order chi connectivity index (χ1) is 14.4. The molecule has 2 amide bonds. The molecule has 2 bridgehead atoms. The lowest BCUT2D eigenvalue weighted by molar-refractivity contribution is -0.384. The van der Waals surface area contributed by atoms with Crippen LogP contribution in [-0.2, 0) is 9.59 Å². The number of nitro benzene ring substituents is 1. The molecule has 8 nitrogen and oxygen atoms in total. The Balaban J connectivity index is 1.36. The summed E-state index contributed by atoms with van der Waals surface area (Å²) in [5.74, 6) is -0.654. The number of nitro groups is 1. The highest BCUT2D eigenvalue weighted by molar-refractivity contribution is 6.22. The number of carbonyl (C=O) groups excluding carboxylic acids is 3. The van der Waals surface area contributed by atoms with Crippen LogP contribution in [0.5, 0.6) is 5.75 Å². The molecule has 152 valence electrons. The van der Waals surface area contributed by atoms with E-state index >= 15 is 0 Å². The maximum Gasteiger partial charge on any atom is 0.343 e. The highest BCUT2D eigenvalue weighted by Gasteiger charge is 2.61. The number of benzene rings is 2.